The van der Waals surface area contributed by atoms with E-state index in [9.17, 15) is 9.50 Å². The van der Waals surface area contributed by atoms with E-state index in [1.807, 2.05) is 24.3 Å². The molecule has 0 bridgehead atoms. The van der Waals surface area contributed by atoms with Gasteiger partial charge in [0, 0.05) is 22.7 Å². The van der Waals surface area contributed by atoms with Crippen LogP contribution in [0.25, 0.3) is 0 Å². The number of hydrogen-bond acceptors (Lipinski definition) is 2. The highest BCUT2D eigenvalue weighted by molar-refractivity contribution is 9.10. The summed E-state index contributed by atoms with van der Waals surface area (Å²) >= 11 is 3.34. The summed E-state index contributed by atoms with van der Waals surface area (Å²) in [6.07, 6.45) is 2.12. The maximum Gasteiger partial charge on any atom is 0.147 e. The molecule has 0 aliphatic carbocycles. The van der Waals surface area contributed by atoms with Gasteiger partial charge in [-0.25, -0.2) is 4.39 Å². The summed E-state index contributed by atoms with van der Waals surface area (Å²) in [5.41, 5.74) is 1.24. The van der Waals surface area contributed by atoms with Crippen molar-refractivity contribution in [2.24, 2.45) is 0 Å². The first-order valence-corrected chi connectivity index (χ1v) is 5.98. The van der Waals surface area contributed by atoms with Crippen molar-refractivity contribution in [2.75, 3.05) is 0 Å². The molecule has 88 valence electrons. The number of aliphatic hydroxyl groups excluding tert-OH is 1. The molecule has 1 unspecified atom stereocenters. The highest BCUT2D eigenvalue weighted by Gasteiger charge is 2.12. The summed E-state index contributed by atoms with van der Waals surface area (Å²) in [6, 6.07) is 9.08. The van der Waals surface area contributed by atoms with Crippen LogP contribution in [0.2, 0.25) is 0 Å². The van der Waals surface area contributed by atoms with Gasteiger partial charge in [-0.2, -0.15) is 0 Å². The second-order valence-corrected chi connectivity index (χ2v) is 4.66. The lowest BCUT2D eigenvalue weighted by molar-refractivity contribution is 0.173. The Hall–Kier alpha value is -1.26. The summed E-state index contributed by atoms with van der Waals surface area (Å²) in [5.74, 6) is -0.475. The number of aromatic nitrogens is 1. The van der Waals surface area contributed by atoms with Gasteiger partial charge in [-0.15, -0.1) is 0 Å². The lowest BCUT2D eigenvalue weighted by Crippen LogP contribution is -2.04. The van der Waals surface area contributed by atoms with Crippen LogP contribution in [0.5, 0.6) is 0 Å². The van der Waals surface area contributed by atoms with Gasteiger partial charge < -0.3 is 5.11 Å². The first-order valence-electron chi connectivity index (χ1n) is 5.19. The van der Waals surface area contributed by atoms with Gasteiger partial charge in [0.25, 0.3) is 0 Å². The fourth-order valence-electron chi connectivity index (χ4n) is 1.61. The first kappa shape index (κ1) is 12.2. The van der Waals surface area contributed by atoms with Crippen LogP contribution in [0.4, 0.5) is 4.39 Å². The van der Waals surface area contributed by atoms with Gasteiger partial charge in [-0.05, 0) is 23.8 Å². The zero-order chi connectivity index (χ0) is 12.3. The molecule has 1 atom stereocenters. The van der Waals surface area contributed by atoms with E-state index in [2.05, 4.69) is 20.9 Å². The Morgan fingerprint density at radius 1 is 1.24 bits per heavy atom. The number of halogens is 2. The fraction of sp³-hybridized carbons (Fsp3) is 0.154. The third-order valence-electron chi connectivity index (χ3n) is 2.51. The summed E-state index contributed by atoms with van der Waals surface area (Å²) in [5, 5.41) is 9.94. The van der Waals surface area contributed by atoms with Crippen molar-refractivity contribution in [3.8, 4) is 0 Å². The molecule has 0 aliphatic heterocycles. The molecule has 1 aromatic carbocycles. The minimum atomic E-state index is -0.848. The quantitative estimate of drug-likeness (QED) is 0.943. The lowest BCUT2D eigenvalue weighted by atomic mass is 10.0. The number of nitrogens with zero attached hydrogens (tertiary/aromatic N) is 1. The molecule has 17 heavy (non-hydrogen) atoms. The smallest absolute Gasteiger partial charge is 0.147 e. The normalized spacial score (nSPS) is 12.4. The summed E-state index contributed by atoms with van der Waals surface area (Å²) < 4.78 is 14.4. The predicted molar refractivity (Wildman–Crippen MR) is 67.0 cm³/mol. The van der Waals surface area contributed by atoms with Crippen LogP contribution in [0.1, 0.15) is 17.2 Å². The molecule has 1 heterocycles. The molecule has 2 rings (SSSR count). The fourth-order valence-corrected chi connectivity index (χ4v) is 1.87. The van der Waals surface area contributed by atoms with E-state index in [1.165, 1.54) is 12.3 Å². The van der Waals surface area contributed by atoms with E-state index in [-0.39, 0.29) is 5.56 Å². The van der Waals surface area contributed by atoms with Crippen LogP contribution in [0, 0.1) is 5.82 Å². The predicted octanol–water partition coefficient (Wildman–Crippen LogP) is 3.26. The molecule has 1 N–H and O–H groups in total. The minimum Gasteiger partial charge on any atom is -0.388 e. The minimum absolute atomic E-state index is 0.280. The highest BCUT2D eigenvalue weighted by Crippen LogP contribution is 2.21. The van der Waals surface area contributed by atoms with Crippen LogP contribution in [-0.4, -0.2) is 10.1 Å². The number of benzene rings is 1. The van der Waals surface area contributed by atoms with Gasteiger partial charge in [-0.3, -0.25) is 4.98 Å². The van der Waals surface area contributed by atoms with E-state index in [4.69, 9.17) is 0 Å². The standard InChI is InChI=1S/C13H11BrFNO/c14-10-3-1-9(2-4-10)7-13(17)11-5-6-16-8-12(11)15/h1-6,8,13,17H,7H2. The molecular weight excluding hydrogens is 285 g/mol. The van der Waals surface area contributed by atoms with Crippen molar-refractivity contribution in [1.82, 2.24) is 4.98 Å². The molecule has 0 radical (unpaired) electrons. The molecule has 4 heteroatoms. The zero-order valence-corrected chi connectivity index (χ0v) is 10.6. The second-order valence-electron chi connectivity index (χ2n) is 3.74. The summed E-state index contributed by atoms with van der Waals surface area (Å²) in [6.45, 7) is 0. The van der Waals surface area contributed by atoms with E-state index in [0.717, 1.165) is 16.2 Å². The van der Waals surface area contributed by atoms with E-state index < -0.39 is 11.9 Å². The van der Waals surface area contributed by atoms with Crippen LogP contribution in [0.3, 0.4) is 0 Å². The number of aliphatic hydroxyl groups is 1. The Kier molecular flexibility index (Phi) is 3.86. The van der Waals surface area contributed by atoms with Gasteiger partial charge in [0.2, 0.25) is 0 Å². The van der Waals surface area contributed by atoms with Crippen molar-refractivity contribution in [1.29, 1.82) is 0 Å². The molecule has 2 aromatic rings. The van der Waals surface area contributed by atoms with E-state index >= 15 is 0 Å². The number of pyridine rings is 1. The Labute approximate surface area is 107 Å². The molecule has 2 nitrogen and oxygen atoms in total. The molecule has 0 saturated heterocycles. The number of hydrogen-bond donors (Lipinski definition) is 1. The molecule has 0 amide bonds. The average molecular weight is 296 g/mol. The van der Waals surface area contributed by atoms with Gasteiger partial charge in [-0.1, -0.05) is 28.1 Å². The van der Waals surface area contributed by atoms with Crippen molar-refractivity contribution in [3.05, 3.63) is 64.1 Å². The number of rotatable bonds is 3. The SMILES string of the molecule is OC(Cc1ccc(Br)cc1)c1ccncc1F. The lowest BCUT2D eigenvalue weighted by Gasteiger charge is -2.11. The van der Waals surface area contributed by atoms with Gasteiger partial charge in [0.15, 0.2) is 0 Å². The maximum absolute atomic E-state index is 13.4. The third-order valence-corrected chi connectivity index (χ3v) is 3.03. The molecule has 0 spiro atoms. The van der Waals surface area contributed by atoms with Gasteiger partial charge >= 0.3 is 0 Å². The van der Waals surface area contributed by atoms with Gasteiger partial charge in [0.05, 0.1) is 12.3 Å². The Morgan fingerprint density at radius 3 is 2.59 bits per heavy atom. The van der Waals surface area contributed by atoms with Crippen molar-refractivity contribution >= 4 is 15.9 Å². The maximum atomic E-state index is 13.4. The van der Waals surface area contributed by atoms with Crippen molar-refractivity contribution in [2.45, 2.75) is 12.5 Å². The van der Waals surface area contributed by atoms with E-state index in [0.29, 0.717) is 6.42 Å². The Bertz CT molecular complexity index is 501. The Morgan fingerprint density at radius 2 is 1.94 bits per heavy atom. The second kappa shape index (κ2) is 5.38. The molecular formula is C13H11BrFNO. The summed E-state index contributed by atoms with van der Waals surface area (Å²) in [4.78, 5) is 3.65. The third kappa shape index (κ3) is 3.11. The highest BCUT2D eigenvalue weighted by atomic mass is 79.9. The molecule has 0 fully saturated rings. The first-order chi connectivity index (χ1) is 8.16. The Balaban J connectivity index is 2.14. The monoisotopic (exact) mass is 295 g/mol. The summed E-state index contributed by atoms with van der Waals surface area (Å²) in [7, 11) is 0. The molecule has 0 aliphatic rings. The van der Waals surface area contributed by atoms with Gasteiger partial charge in [0.1, 0.15) is 5.82 Å². The van der Waals surface area contributed by atoms with Crippen LogP contribution in [-0.2, 0) is 6.42 Å². The van der Waals surface area contributed by atoms with Crippen LogP contribution in [0.15, 0.2) is 47.2 Å². The van der Waals surface area contributed by atoms with E-state index in [1.54, 1.807) is 0 Å². The van der Waals surface area contributed by atoms with Crippen LogP contribution >= 0.6 is 15.9 Å². The van der Waals surface area contributed by atoms with Crippen molar-refractivity contribution in [3.63, 3.8) is 0 Å². The largest absolute Gasteiger partial charge is 0.388 e. The molecule has 0 saturated carbocycles. The molecule has 1 aromatic heterocycles. The van der Waals surface area contributed by atoms with Crippen LogP contribution < -0.4 is 0 Å². The zero-order valence-electron chi connectivity index (χ0n) is 8.98. The topological polar surface area (TPSA) is 33.1 Å². The van der Waals surface area contributed by atoms with Crippen molar-refractivity contribution < 1.29 is 9.50 Å². The average Bonchev–Trinajstić information content (AvgIpc) is 2.32.